The summed E-state index contributed by atoms with van der Waals surface area (Å²) in [5.74, 6) is 1.07. The number of hydrogen-bond acceptors (Lipinski definition) is 12. The minimum atomic E-state index is -4.25. The second kappa shape index (κ2) is 16.9. The van der Waals surface area contributed by atoms with E-state index < -0.39 is 35.0 Å². The van der Waals surface area contributed by atoms with Crippen molar-refractivity contribution in [2.24, 2.45) is 4.40 Å². The van der Waals surface area contributed by atoms with Gasteiger partial charge in [-0.2, -0.15) is 4.31 Å². The smallest absolute Gasteiger partial charge is 0.407 e. The standard InChI is InChI=1S/C42H46ClFN8O6S/c1-25(2)36-38(41(46-24-45-36)49(22-28-11-15-30(57-5)16-12-28)23-29-13-17-31(58-6)18-14-29)52-39-33(19-34(43)37(47-39)32-9-7-8-10-35(32)44)40(48-59(52,55)56)50-20-27(4)51(42(53)54)21-26(50)3/h7-19,24-27,55-56H,20-23H2,1-6H3,(H,53,54). The number of nitrogens with zero attached hydrogens (tertiary/aromatic N) is 8. The molecule has 1 amide bonds. The molecule has 0 saturated carbocycles. The molecule has 0 spiro atoms. The van der Waals surface area contributed by atoms with Gasteiger partial charge >= 0.3 is 6.09 Å². The molecule has 7 rings (SSSR count). The quantitative estimate of drug-likeness (QED) is 0.123. The van der Waals surface area contributed by atoms with E-state index in [1.807, 2.05) is 79.1 Å². The Hall–Kier alpha value is -5.68. The van der Waals surface area contributed by atoms with Crippen molar-refractivity contribution >= 4 is 51.8 Å². The van der Waals surface area contributed by atoms with Crippen molar-refractivity contribution in [2.75, 3.05) is 36.5 Å². The van der Waals surface area contributed by atoms with Gasteiger partial charge in [-0.1, -0.05) is 61.8 Å². The Labute approximate surface area is 349 Å². The SMILES string of the molecule is COc1ccc(CN(Cc2ccc(OC)cc2)c2ncnc(C(C)C)c2N2c3nc(-c4ccccc4F)c(Cl)cc3C(N3CC(C)N(C(=O)O)CC3C)=NS2(O)O)cc1. The van der Waals surface area contributed by atoms with Crippen LogP contribution in [0.5, 0.6) is 11.5 Å². The molecular formula is C42H46ClFN8O6S. The number of benzene rings is 3. The van der Waals surface area contributed by atoms with Crippen LogP contribution in [0.2, 0.25) is 5.02 Å². The molecule has 2 aliphatic heterocycles. The first-order valence-corrected chi connectivity index (χ1v) is 20.8. The molecule has 5 aromatic rings. The summed E-state index contributed by atoms with van der Waals surface area (Å²) in [6.07, 6.45) is 0.385. The lowest BCUT2D eigenvalue weighted by atomic mass is 10.0. The Morgan fingerprint density at radius 1 is 0.915 bits per heavy atom. The van der Waals surface area contributed by atoms with E-state index in [1.165, 1.54) is 21.6 Å². The van der Waals surface area contributed by atoms with Crippen molar-refractivity contribution in [3.63, 3.8) is 0 Å². The number of anilines is 3. The molecule has 2 atom stereocenters. The van der Waals surface area contributed by atoms with Gasteiger partial charge in [0.05, 0.1) is 36.2 Å². The first-order chi connectivity index (χ1) is 28.2. The third-order valence-electron chi connectivity index (χ3n) is 10.4. The number of halogens is 2. The Kier molecular flexibility index (Phi) is 11.9. The average molecular weight is 845 g/mol. The highest BCUT2D eigenvalue weighted by Crippen LogP contribution is 2.60. The summed E-state index contributed by atoms with van der Waals surface area (Å²) in [7, 11) is -1.04. The van der Waals surface area contributed by atoms with Crippen molar-refractivity contribution in [3.05, 3.63) is 118 Å². The van der Waals surface area contributed by atoms with Gasteiger partial charge < -0.3 is 29.3 Å². The zero-order chi connectivity index (χ0) is 42.2. The van der Waals surface area contributed by atoms with Gasteiger partial charge in [0.25, 0.3) is 0 Å². The first-order valence-electron chi connectivity index (χ1n) is 19.0. The monoisotopic (exact) mass is 844 g/mol. The number of amidine groups is 1. The van der Waals surface area contributed by atoms with Crippen molar-refractivity contribution < 1.29 is 32.9 Å². The lowest BCUT2D eigenvalue weighted by Gasteiger charge is -2.49. The zero-order valence-corrected chi connectivity index (χ0v) is 35.0. The number of piperazine rings is 1. The van der Waals surface area contributed by atoms with E-state index in [0.29, 0.717) is 41.7 Å². The van der Waals surface area contributed by atoms with Gasteiger partial charge in [-0.15, -0.1) is 4.40 Å². The minimum absolute atomic E-state index is 0.0324. The van der Waals surface area contributed by atoms with Gasteiger partial charge in [0.2, 0.25) is 0 Å². The predicted molar refractivity (Wildman–Crippen MR) is 229 cm³/mol. The molecule has 4 heterocycles. The number of rotatable bonds is 10. The molecular weight excluding hydrogens is 799 g/mol. The van der Waals surface area contributed by atoms with Crippen LogP contribution < -0.4 is 18.7 Å². The van der Waals surface area contributed by atoms with E-state index >= 15 is 4.39 Å². The third kappa shape index (κ3) is 8.30. The van der Waals surface area contributed by atoms with Gasteiger partial charge in [0.1, 0.15) is 29.3 Å². The van der Waals surface area contributed by atoms with Crippen LogP contribution in [-0.4, -0.2) is 90.3 Å². The summed E-state index contributed by atoms with van der Waals surface area (Å²) in [6, 6.07) is 22.0. The molecule has 0 radical (unpaired) electrons. The molecule has 310 valence electrons. The highest BCUT2D eigenvalue weighted by Gasteiger charge is 2.44. The molecule has 59 heavy (non-hydrogen) atoms. The van der Waals surface area contributed by atoms with E-state index in [1.54, 1.807) is 45.4 Å². The Bertz CT molecular complexity index is 2320. The van der Waals surface area contributed by atoms with Crippen LogP contribution in [0.3, 0.4) is 0 Å². The molecule has 14 nitrogen and oxygen atoms in total. The second-order valence-corrected chi connectivity index (χ2v) is 16.7. The van der Waals surface area contributed by atoms with Crippen LogP contribution in [0.15, 0.2) is 89.6 Å². The molecule has 2 aromatic heterocycles. The van der Waals surface area contributed by atoms with E-state index in [2.05, 4.69) is 4.40 Å². The molecule has 1 fully saturated rings. The van der Waals surface area contributed by atoms with Crippen molar-refractivity contribution in [2.45, 2.75) is 58.8 Å². The summed E-state index contributed by atoms with van der Waals surface area (Å²) in [5.41, 5.74) is 3.03. The Balaban J connectivity index is 1.47. The number of amides is 1. The largest absolute Gasteiger partial charge is 0.497 e. The van der Waals surface area contributed by atoms with E-state index in [9.17, 15) is 19.0 Å². The van der Waals surface area contributed by atoms with Gasteiger partial charge in [-0.25, -0.2) is 24.1 Å². The molecule has 0 bridgehead atoms. The zero-order valence-electron chi connectivity index (χ0n) is 33.5. The molecule has 17 heteroatoms. The van der Waals surface area contributed by atoms with Crippen LogP contribution in [0.25, 0.3) is 11.3 Å². The van der Waals surface area contributed by atoms with Gasteiger partial charge in [0, 0.05) is 43.8 Å². The Morgan fingerprint density at radius 2 is 1.53 bits per heavy atom. The van der Waals surface area contributed by atoms with Crippen LogP contribution in [-0.2, 0) is 13.1 Å². The Morgan fingerprint density at radius 3 is 2.08 bits per heavy atom. The summed E-state index contributed by atoms with van der Waals surface area (Å²) in [5, 5.41) is 10.0. The fourth-order valence-corrected chi connectivity index (χ4v) is 8.99. The van der Waals surface area contributed by atoms with Crippen LogP contribution in [0.1, 0.15) is 56.0 Å². The summed E-state index contributed by atoms with van der Waals surface area (Å²) in [6.45, 7) is 8.43. The van der Waals surface area contributed by atoms with Crippen LogP contribution in [0, 0.1) is 5.82 Å². The number of ether oxygens (including phenoxy) is 2. The molecule has 1 saturated heterocycles. The molecule has 3 N–H and O–H groups in total. The maximum absolute atomic E-state index is 15.5. The van der Waals surface area contributed by atoms with Crippen molar-refractivity contribution in [1.82, 2.24) is 24.8 Å². The van der Waals surface area contributed by atoms with Gasteiger partial charge in [0.15, 0.2) is 17.5 Å². The lowest BCUT2D eigenvalue weighted by molar-refractivity contribution is 0.0750. The van der Waals surface area contributed by atoms with Gasteiger partial charge in [-0.05, 0) is 84.3 Å². The fourth-order valence-electron chi connectivity index (χ4n) is 7.43. The number of aromatic nitrogens is 3. The fraction of sp³-hybridized carbons (Fsp3) is 0.310. The highest BCUT2D eigenvalue weighted by atomic mass is 35.5. The number of fused-ring (bicyclic) bond motifs is 1. The molecule has 3 aromatic carbocycles. The normalized spacial score (nSPS) is 17.9. The topological polar surface area (TPSA) is 160 Å². The number of carbonyl (C=O) groups is 1. The molecule has 2 aliphatic rings. The van der Waals surface area contributed by atoms with E-state index in [4.69, 9.17) is 36.0 Å². The first kappa shape index (κ1) is 41.5. The lowest BCUT2D eigenvalue weighted by Crippen LogP contribution is -2.60. The number of methoxy groups -OCH3 is 2. The average Bonchev–Trinajstić information content (AvgIpc) is 3.21. The molecule has 2 unspecified atom stereocenters. The summed E-state index contributed by atoms with van der Waals surface area (Å²) < 4.78 is 57.4. The number of hydrogen-bond donors (Lipinski definition) is 3. The van der Waals surface area contributed by atoms with Crippen molar-refractivity contribution in [3.8, 4) is 22.8 Å². The maximum atomic E-state index is 15.5. The summed E-state index contributed by atoms with van der Waals surface area (Å²) in [4.78, 5) is 31.8. The highest BCUT2D eigenvalue weighted by molar-refractivity contribution is 8.24. The van der Waals surface area contributed by atoms with E-state index in [0.717, 1.165) is 11.1 Å². The van der Waals surface area contributed by atoms with Crippen molar-refractivity contribution in [1.29, 1.82) is 0 Å². The van der Waals surface area contributed by atoms with Crippen LogP contribution in [0.4, 0.5) is 26.5 Å². The summed E-state index contributed by atoms with van der Waals surface area (Å²) >= 11 is 6.98. The maximum Gasteiger partial charge on any atom is 0.407 e. The second-order valence-electron chi connectivity index (χ2n) is 14.8. The number of carboxylic acid groups (broad SMARTS) is 1. The van der Waals surface area contributed by atoms with Gasteiger partial charge in [-0.3, -0.25) is 9.11 Å². The number of pyridine rings is 1. The molecule has 0 aliphatic carbocycles. The van der Waals surface area contributed by atoms with Crippen LogP contribution >= 0.6 is 22.6 Å². The predicted octanol–water partition coefficient (Wildman–Crippen LogP) is 9.23. The van der Waals surface area contributed by atoms with E-state index in [-0.39, 0.29) is 52.6 Å². The minimum Gasteiger partial charge on any atom is -0.497 e. The third-order valence-corrected chi connectivity index (χ3v) is 12.0.